The van der Waals surface area contributed by atoms with Gasteiger partial charge in [-0.05, 0) is 5.44 Å². The van der Waals surface area contributed by atoms with Crippen molar-refractivity contribution < 1.29 is 52.3 Å². The van der Waals surface area contributed by atoms with Gasteiger partial charge in [0.05, 0.1) is 6.10 Å². The summed E-state index contributed by atoms with van der Waals surface area (Å²) in [5.74, 6) is -1.42. The Bertz CT molecular complexity index is 214. The van der Waals surface area contributed by atoms with E-state index in [4.69, 9.17) is 20.4 Å². The molecule has 8 heteroatoms. The maximum Gasteiger partial charge on any atom is 1.00 e. The third-order valence-corrected chi connectivity index (χ3v) is 2.20. The molecule has 0 aromatic heterocycles. The van der Waals surface area contributed by atoms with Gasteiger partial charge in [0.2, 0.25) is 0 Å². The predicted molar refractivity (Wildman–Crippen MR) is 41.7 cm³/mol. The largest absolute Gasteiger partial charge is 1.00 e. The summed E-state index contributed by atoms with van der Waals surface area (Å²) in [6.45, 7) is 0. The van der Waals surface area contributed by atoms with Crippen LogP contribution in [0.2, 0.25) is 0 Å². The smallest absolute Gasteiger partial charge is 0.759 e. The van der Waals surface area contributed by atoms with Crippen molar-refractivity contribution in [1.29, 1.82) is 0 Å². The molecule has 0 bridgehead atoms. The van der Waals surface area contributed by atoms with Crippen molar-refractivity contribution in [3.8, 4) is 0 Å². The molecule has 86 valence electrons. The van der Waals surface area contributed by atoms with Gasteiger partial charge in [-0.1, -0.05) is 0 Å². The van der Waals surface area contributed by atoms with Crippen LogP contribution >= 0.6 is 0 Å². The van der Waals surface area contributed by atoms with Gasteiger partial charge in [-0.2, -0.15) is 0 Å². The monoisotopic (exact) mass is 406 g/mol. The van der Waals surface area contributed by atoms with Gasteiger partial charge in [-0.25, -0.2) is 4.79 Å². The third kappa shape index (κ3) is 2.71. The summed E-state index contributed by atoms with van der Waals surface area (Å²) in [6.07, 6.45) is -6.27. The Balaban J connectivity index is 0.00000169. The number of rotatable bonds is 1. The van der Waals surface area contributed by atoms with Crippen LogP contribution in [0.4, 0.5) is 0 Å². The van der Waals surface area contributed by atoms with Crippen molar-refractivity contribution in [2.75, 3.05) is 0 Å². The topological polar surface area (TPSA) is 107 Å². The fourth-order valence-corrected chi connectivity index (χ4v) is 1.33. The number of hydrogen-bond donors (Lipinski definition) is 4. The molecule has 0 aromatic carbocycles. The summed E-state index contributed by atoms with van der Waals surface area (Å²) in [5.41, 5.74) is -1.22. The van der Waals surface area contributed by atoms with E-state index in [-0.39, 0.29) is 22.4 Å². The Labute approximate surface area is 101 Å². The van der Waals surface area contributed by atoms with Gasteiger partial charge in [-0.15, -0.1) is 0 Å². The summed E-state index contributed by atoms with van der Waals surface area (Å²) in [7, 11) is 0. The Morgan fingerprint density at radius 3 is 2.07 bits per heavy atom. The number of ether oxygens (including phenoxy) is 1. The summed E-state index contributed by atoms with van der Waals surface area (Å²) in [5, 5.41) is 35.9. The van der Waals surface area contributed by atoms with E-state index in [2.05, 4.69) is 17.4 Å². The molecule has 1 saturated heterocycles. The summed E-state index contributed by atoms with van der Waals surface area (Å²) < 4.78 is 4.60. The summed E-state index contributed by atoms with van der Waals surface area (Å²) >= 11 is 4.53. The normalized spacial score (nSPS) is 42.7. The first-order valence-electron chi connectivity index (χ1n) is 3.53. The van der Waals surface area contributed by atoms with E-state index in [1.54, 1.807) is 0 Å². The predicted octanol–water partition coefficient (Wildman–Crippen LogP) is -2.58. The number of hydrogen-bond acceptors (Lipinski definition) is 6. The van der Waals surface area contributed by atoms with Crippen LogP contribution in [-0.2, 0) is 44.5 Å². The van der Waals surface area contributed by atoms with Crippen molar-refractivity contribution >= 4 is 18.6 Å². The van der Waals surface area contributed by atoms with Crippen LogP contribution in [-0.4, -0.2) is 56.2 Å². The average Bonchev–Trinajstić information content (AvgIpc) is 2.07. The zero-order chi connectivity index (χ0) is 10.2. The van der Waals surface area contributed by atoms with Crippen LogP contribution < -0.4 is 0 Å². The van der Waals surface area contributed by atoms with Crippen LogP contribution in [0.1, 0.15) is 0 Å². The maximum absolute atomic E-state index is 10.4. The zero-order valence-electron chi connectivity index (χ0n) is 6.70. The second kappa shape index (κ2) is 5.47. The molecule has 6 nitrogen and oxygen atoms in total. The first-order valence-corrected chi connectivity index (χ1v) is 4.00. The minimum Gasteiger partial charge on any atom is -0.759 e. The Morgan fingerprint density at radius 1 is 1.14 bits per heavy atom. The molecule has 4 N–H and O–H groups in total. The van der Waals surface area contributed by atoms with Crippen molar-refractivity contribution in [3.05, 3.63) is 0 Å². The van der Waals surface area contributed by atoms with E-state index in [0.29, 0.717) is 0 Å². The molecule has 0 amide bonds. The molecule has 14 heavy (non-hydrogen) atoms. The van der Waals surface area contributed by atoms with Gasteiger partial charge < -0.3 is 37.8 Å². The third-order valence-electron chi connectivity index (χ3n) is 1.81. The zero-order valence-corrected chi connectivity index (χ0v) is 9.68. The first-order chi connectivity index (χ1) is 5.95. The van der Waals surface area contributed by atoms with Crippen LogP contribution in [0.3, 0.4) is 0 Å². The van der Waals surface area contributed by atoms with Crippen molar-refractivity contribution in [2.45, 2.75) is 29.9 Å². The minimum atomic E-state index is -1.66. The molecular formula is C6H9AuO6S. The molecular weight excluding hydrogens is 397 g/mol. The van der Waals surface area contributed by atoms with Gasteiger partial charge >= 0.3 is 28.3 Å². The molecule has 1 fully saturated rings. The molecule has 5 atom stereocenters. The average molecular weight is 406 g/mol. The second-order valence-electron chi connectivity index (χ2n) is 2.74. The van der Waals surface area contributed by atoms with Gasteiger partial charge in [0.15, 0.2) is 6.10 Å². The molecule has 0 aromatic rings. The van der Waals surface area contributed by atoms with Crippen LogP contribution in [0, 0.1) is 0 Å². The molecule has 0 radical (unpaired) electrons. The maximum atomic E-state index is 10.4. The Morgan fingerprint density at radius 2 is 1.64 bits per heavy atom. The molecule has 0 aliphatic carbocycles. The molecule has 5 unspecified atom stereocenters. The Kier molecular flexibility index (Phi) is 5.63. The quantitative estimate of drug-likeness (QED) is 0.280. The number of aliphatic hydroxyl groups is 3. The summed E-state index contributed by atoms with van der Waals surface area (Å²) in [6, 6.07) is 0. The summed E-state index contributed by atoms with van der Waals surface area (Å²) in [4.78, 5) is 10.4. The van der Waals surface area contributed by atoms with Crippen LogP contribution in [0.5, 0.6) is 0 Å². The molecule has 1 aliphatic heterocycles. The standard InChI is InChI=1S/C6H10O6S.Au/c7-1-2(8)4(5(10)11)12-6(13)3(1)9;/h1-4,6-9,13H,(H,10,11);/q;+1/p-1. The van der Waals surface area contributed by atoms with Gasteiger partial charge in [0, 0.05) is 0 Å². The second-order valence-corrected chi connectivity index (χ2v) is 3.20. The SMILES string of the molecule is O=C(O)C1OC([S-])C(O)C(O)C1O.[Au+]. The number of carbonyl (C=O) groups is 1. The van der Waals surface area contributed by atoms with E-state index in [9.17, 15) is 4.79 Å². The molecule has 1 aliphatic rings. The number of aliphatic hydroxyl groups excluding tert-OH is 3. The molecule has 1 rings (SSSR count). The van der Waals surface area contributed by atoms with Crippen LogP contribution in [0.15, 0.2) is 0 Å². The van der Waals surface area contributed by atoms with Crippen LogP contribution in [0.25, 0.3) is 0 Å². The van der Waals surface area contributed by atoms with Crippen molar-refractivity contribution in [3.63, 3.8) is 0 Å². The number of carboxylic acids is 1. The first kappa shape index (κ1) is 14.4. The van der Waals surface area contributed by atoms with Crippen molar-refractivity contribution in [2.24, 2.45) is 0 Å². The van der Waals surface area contributed by atoms with E-state index >= 15 is 0 Å². The minimum absolute atomic E-state index is 0. The van der Waals surface area contributed by atoms with Gasteiger partial charge in [0.1, 0.15) is 12.2 Å². The fraction of sp³-hybridized carbons (Fsp3) is 0.833. The molecule has 1 heterocycles. The van der Waals surface area contributed by atoms with E-state index < -0.39 is 35.8 Å². The van der Waals surface area contributed by atoms with Gasteiger partial charge in [-0.3, -0.25) is 0 Å². The van der Waals surface area contributed by atoms with Crippen molar-refractivity contribution in [1.82, 2.24) is 0 Å². The van der Waals surface area contributed by atoms with Gasteiger partial charge in [0.25, 0.3) is 0 Å². The molecule has 0 spiro atoms. The van der Waals surface area contributed by atoms with E-state index in [1.165, 1.54) is 0 Å². The fourth-order valence-electron chi connectivity index (χ4n) is 1.05. The Hall–Kier alpha value is 0.400. The number of aliphatic carboxylic acids is 1. The molecule has 0 saturated carbocycles. The van der Waals surface area contributed by atoms with E-state index in [1.807, 2.05) is 0 Å². The van der Waals surface area contributed by atoms with E-state index in [0.717, 1.165) is 0 Å². The number of carboxylic acid groups (broad SMARTS) is 1.